The van der Waals surface area contributed by atoms with Crippen LogP contribution in [-0.2, 0) is 20.9 Å². The van der Waals surface area contributed by atoms with Crippen LogP contribution in [0, 0.1) is 0 Å². The van der Waals surface area contributed by atoms with E-state index in [0.717, 1.165) is 26.6 Å². The first-order valence-corrected chi connectivity index (χ1v) is 15.8. The molecule has 3 heterocycles. The highest BCUT2D eigenvalue weighted by Gasteiger charge is 2.24. The quantitative estimate of drug-likeness (QED) is 0.176. The minimum Gasteiger partial charge on any atom is -0.493 e. The lowest BCUT2D eigenvalue weighted by Gasteiger charge is -2.20. The van der Waals surface area contributed by atoms with Gasteiger partial charge in [-0.15, -0.1) is 0 Å². The van der Waals surface area contributed by atoms with Crippen molar-refractivity contribution in [3.05, 3.63) is 58.9 Å². The van der Waals surface area contributed by atoms with Gasteiger partial charge >= 0.3 is 6.09 Å². The van der Waals surface area contributed by atoms with Crippen LogP contribution in [0.3, 0.4) is 0 Å². The zero-order valence-corrected chi connectivity index (χ0v) is 27.7. The summed E-state index contributed by atoms with van der Waals surface area (Å²) in [4.78, 5) is 67.3. The molecule has 14 heteroatoms. The third kappa shape index (κ3) is 6.72. The molecule has 2 aliphatic rings. The van der Waals surface area contributed by atoms with Crippen molar-refractivity contribution in [2.45, 2.75) is 19.4 Å². The molecule has 1 N–H and O–H groups in total. The van der Waals surface area contributed by atoms with Gasteiger partial charge in [0, 0.05) is 74.5 Å². The van der Waals surface area contributed by atoms with Gasteiger partial charge in [-0.2, -0.15) is 0 Å². The number of fused-ring (bicyclic) bond motifs is 6. The monoisotopic (exact) mass is 671 g/mol. The average Bonchev–Trinajstić information content (AvgIpc) is 3.67. The number of rotatable bonds is 12. The molecule has 0 saturated heterocycles. The Labute approximate surface area is 281 Å². The first-order valence-electron chi connectivity index (χ1n) is 15.8. The number of benzene rings is 3. The molecule has 14 nitrogen and oxygen atoms in total. The summed E-state index contributed by atoms with van der Waals surface area (Å²) in [6.45, 7) is 1.59. The summed E-state index contributed by atoms with van der Waals surface area (Å²) in [6.07, 6.45) is 2.13. The fourth-order valence-corrected chi connectivity index (χ4v) is 5.93. The highest BCUT2D eigenvalue weighted by atomic mass is 16.7. The van der Waals surface area contributed by atoms with Crippen molar-refractivity contribution in [1.29, 1.82) is 0 Å². The van der Waals surface area contributed by atoms with Crippen molar-refractivity contribution in [3.8, 4) is 23.0 Å². The molecule has 3 aromatic carbocycles. The predicted molar refractivity (Wildman–Crippen MR) is 181 cm³/mol. The molecule has 1 aromatic heterocycles. The number of carbonyl (C=O) groups is 4. The molecule has 256 valence electrons. The van der Waals surface area contributed by atoms with E-state index in [2.05, 4.69) is 5.32 Å². The number of hydrogen-bond acceptors (Lipinski definition) is 10. The van der Waals surface area contributed by atoms with Gasteiger partial charge in [-0.25, -0.2) is 4.79 Å². The van der Waals surface area contributed by atoms with Crippen molar-refractivity contribution >= 4 is 56.3 Å². The minimum atomic E-state index is -0.707. The van der Waals surface area contributed by atoms with E-state index in [-0.39, 0.29) is 67.6 Å². The fraction of sp³-hybridized carbons (Fsp3) is 0.343. The van der Waals surface area contributed by atoms with Gasteiger partial charge in [0.2, 0.25) is 12.7 Å². The summed E-state index contributed by atoms with van der Waals surface area (Å²) < 4.78 is 24.3. The molecular weight excluding hydrogens is 634 g/mol. The third-order valence-electron chi connectivity index (χ3n) is 8.56. The largest absolute Gasteiger partial charge is 0.493 e. The highest BCUT2D eigenvalue weighted by Crippen LogP contribution is 2.41. The van der Waals surface area contributed by atoms with E-state index >= 15 is 0 Å². The molecule has 49 heavy (non-hydrogen) atoms. The molecule has 0 aliphatic carbocycles. The summed E-state index contributed by atoms with van der Waals surface area (Å²) >= 11 is 0. The molecule has 6 rings (SSSR count). The Bertz CT molecular complexity index is 2070. The van der Waals surface area contributed by atoms with Crippen molar-refractivity contribution in [2.75, 3.05) is 61.2 Å². The van der Waals surface area contributed by atoms with Crippen LogP contribution in [0.5, 0.6) is 23.0 Å². The zero-order chi connectivity index (χ0) is 34.8. The lowest BCUT2D eigenvalue weighted by Crippen LogP contribution is -2.38. The molecule has 0 spiro atoms. The highest BCUT2D eigenvalue weighted by molar-refractivity contribution is 6.16. The van der Waals surface area contributed by atoms with Gasteiger partial charge in [0.25, 0.3) is 17.4 Å². The molecule has 0 atom stereocenters. The number of amides is 4. The Kier molecular flexibility index (Phi) is 9.40. The minimum absolute atomic E-state index is 0.0798. The maximum absolute atomic E-state index is 14.2. The van der Waals surface area contributed by atoms with Crippen molar-refractivity contribution < 1.29 is 38.1 Å². The molecule has 0 unspecified atom stereocenters. The number of ether oxygens (including phenoxy) is 4. The second-order valence-electron chi connectivity index (χ2n) is 12.1. The summed E-state index contributed by atoms with van der Waals surface area (Å²) in [5.41, 5.74) is 0.499. The zero-order valence-electron chi connectivity index (χ0n) is 27.7. The Hall–Kier alpha value is -5.63. The number of nitrogens with zero attached hydrogens (tertiary/aromatic N) is 4. The van der Waals surface area contributed by atoms with Gasteiger partial charge in [0.05, 0.1) is 18.0 Å². The van der Waals surface area contributed by atoms with E-state index in [1.54, 1.807) is 10.6 Å². The van der Waals surface area contributed by atoms with Crippen LogP contribution >= 0.6 is 0 Å². The molecule has 0 radical (unpaired) electrons. The van der Waals surface area contributed by atoms with Crippen LogP contribution < -0.4 is 29.8 Å². The van der Waals surface area contributed by atoms with E-state index in [1.807, 2.05) is 43.3 Å². The lowest BCUT2D eigenvalue weighted by atomic mass is 10.00. The van der Waals surface area contributed by atoms with Gasteiger partial charge in [0.1, 0.15) is 0 Å². The van der Waals surface area contributed by atoms with E-state index in [1.165, 1.54) is 37.3 Å². The number of methoxy groups -OCH3 is 1. The predicted octanol–water partition coefficient (Wildman–Crippen LogP) is 2.86. The fourth-order valence-electron chi connectivity index (χ4n) is 5.93. The second-order valence-corrected chi connectivity index (χ2v) is 12.1. The maximum Gasteiger partial charge on any atom is 0.415 e. The normalized spacial score (nSPS) is 13.7. The number of imide groups is 1. The van der Waals surface area contributed by atoms with Crippen molar-refractivity contribution in [3.63, 3.8) is 0 Å². The number of pyridine rings is 1. The smallest absolute Gasteiger partial charge is 0.415 e. The maximum atomic E-state index is 14.2. The first-order chi connectivity index (χ1) is 23.5. The Balaban J connectivity index is 1.21. The van der Waals surface area contributed by atoms with Crippen LogP contribution in [-0.4, -0.2) is 104 Å². The number of carbonyl (C=O) groups excluding carboxylic acids is 4. The van der Waals surface area contributed by atoms with Gasteiger partial charge in [-0.05, 0) is 50.2 Å². The number of aromatic nitrogens is 1. The van der Waals surface area contributed by atoms with Crippen LogP contribution in [0.1, 0.15) is 12.8 Å². The summed E-state index contributed by atoms with van der Waals surface area (Å²) in [5.74, 6) is 0.557. The number of likely N-dealkylation sites (N-methyl/N-ethyl adjacent to an activating group) is 2. The van der Waals surface area contributed by atoms with E-state index in [9.17, 15) is 24.0 Å². The van der Waals surface area contributed by atoms with E-state index < -0.39 is 6.09 Å². The van der Waals surface area contributed by atoms with Crippen molar-refractivity contribution in [2.24, 2.45) is 0 Å². The Morgan fingerprint density at radius 3 is 2.29 bits per heavy atom. The van der Waals surface area contributed by atoms with E-state index in [0.29, 0.717) is 41.8 Å². The molecule has 4 amide bonds. The van der Waals surface area contributed by atoms with Gasteiger partial charge < -0.3 is 38.6 Å². The SMILES string of the molecule is COc1cc2c(cc1OC(=O)N(C)CCNC(=O)CCCN1C(=O)C=CC1=O)c(=O)n(CCN(C)C)c1c3cc4c(cc3ccc21)OCO4. The number of hydrogen-bond donors (Lipinski definition) is 1. The lowest BCUT2D eigenvalue weighted by molar-refractivity contribution is -0.137. The van der Waals surface area contributed by atoms with Crippen LogP contribution in [0.15, 0.2) is 53.3 Å². The van der Waals surface area contributed by atoms with Crippen LogP contribution in [0.25, 0.3) is 32.4 Å². The van der Waals surface area contributed by atoms with Gasteiger partial charge in [0.15, 0.2) is 23.0 Å². The molecule has 0 fully saturated rings. The Morgan fingerprint density at radius 1 is 0.857 bits per heavy atom. The topological polar surface area (TPSA) is 149 Å². The first kappa shape index (κ1) is 33.3. The van der Waals surface area contributed by atoms with Crippen molar-refractivity contribution in [1.82, 2.24) is 24.6 Å². The Morgan fingerprint density at radius 2 is 1.57 bits per heavy atom. The molecule has 0 bridgehead atoms. The summed E-state index contributed by atoms with van der Waals surface area (Å²) in [6, 6.07) is 11.0. The average molecular weight is 672 g/mol. The molecule has 2 aliphatic heterocycles. The van der Waals surface area contributed by atoms with Gasteiger partial charge in [-0.1, -0.05) is 12.1 Å². The molecule has 4 aromatic rings. The molecular formula is C35H37N5O9. The van der Waals surface area contributed by atoms with Gasteiger partial charge in [-0.3, -0.25) is 24.1 Å². The summed E-state index contributed by atoms with van der Waals surface area (Å²) in [7, 11) is 6.86. The number of nitrogens with one attached hydrogen (secondary N) is 1. The van der Waals surface area contributed by atoms with Crippen LogP contribution in [0.2, 0.25) is 0 Å². The third-order valence-corrected chi connectivity index (χ3v) is 8.56. The van der Waals surface area contributed by atoms with Crippen LogP contribution in [0.4, 0.5) is 4.79 Å². The van der Waals surface area contributed by atoms with E-state index in [4.69, 9.17) is 18.9 Å². The standard InChI is InChI=1S/C35H37N5O9/c1-37(2)14-15-40-33-22(8-7-21-16-27-28(17-23(21)33)48-20-47-27)24-18-26(46-4)29(19-25(24)34(40)44)49-35(45)38(3)13-11-36-30(41)6-5-12-39-31(42)9-10-32(39)43/h7-10,16-19H,5-6,11-15,20H2,1-4H3,(H,36,41). The second kappa shape index (κ2) is 13.8. The molecule has 0 saturated carbocycles. The summed E-state index contributed by atoms with van der Waals surface area (Å²) in [5, 5.41) is 6.29.